The standard InChI is InChI=1S/C19H20BrN3O5S/c1-27-7-6-22-14(24)10-29-18-13(9-21)15(11-4-3-5-12(20)8-11)16(17(25)23-18)19(26)28-2/h3-5,8,15-16H,6-7,10H2,1-2H3,(H,22,24)(H,23,25)/t15-,16+/m0/s1. The van der Waals surface area contributed by atoms with Crippen molar-refractivity contribution in [2.24, 2.45) is 5.92 Å². The van der Waals surface area contributed by atoms with Crippen molar-refractivity contribution in [2.75, 3.05) is 33.1 Å². The van der Waals surface area contributed by atoms with Gasteiger partial charge >= 0.3 is 5.97 Å². The monoisotopic (exact) mass is 481 g/mol. The van der Waals surface area contributed by atoms with Gasteiger partial charge in [-0.1, -0.05) is 39.8 Å². The molecule has 0 unspecified atom stereocenters. The highest BCUT2D eigenvalue weighted by Crippen LogP contribution is 2.40. The highest BCUT2D eigenvalue weighted by molar-refractivity contribution is 9.10. The average Bonchev–Trinajstić information content (AvgIpc) is 2.71. The van der Waals surface area contributed by atoms with Gasteiger partial charge in [0.25, 0.3) is 0 Å². The average molecular weight is 482 g/mol. The second-order valence-electron chi connectivity index (χ2n) is 6.01. The molecule has 0 aliphatic carbocycles. The largest absolute Gasteiger partial charge is 0.468 e. The minimum atomic E-state index is -1.20. The summed E-state index contributed by atoms with van der Waals surface area (Å²) in [5.41, 5.74) is 0.816. The Kier molecular flexibility index (Phi) is 8.70. The van der Waals surface area contributed by atoms with Gasteiger partial charge in [-0.05, 0) is 17.7 Å². The number of thioether (sulfide) groups is 1. The van der Waals surface area contributed by atoms with E-state index in [1.807, 2.05) is 0 Å². The first-order chi connectivity index (χ1) is 13.9. The number of amides is 2. The number of benzene rings is 1. The third-order valence-electron chi connectivity index (χ3n) is 4.17. The van der Waals surface area contributed by atoms with E-state index in [2.05, 4.69) is 32.6 Å². The Morgan fingerprint density at radius 3 is 2.76 bits per heavy atom. The smallest absolute Gasteiger partial charge is 0.319 e. The SMILES string of the molecule is COCCNC(=O)CSC1=C(C#N)[C@H](c2cccc(Br)c2)[C@@H](C(=O)OC)C(=O)N1. The van der Waals surface area contributed by atoms with Gasteiger partial charge in [-0.3, -0.25) is 14.4 Å². The molecule has 1 aliphatic rings. The molecule has 1 aliphatic heterocycles. The van der Waals surface area contributed by atoms with Gasteiger partial charge in [0.2, 0.25) is 11.8 Å². The van der Waals surface area contributed by atoms with Crippen molar-refractivity contribution in [1.82, 2.24) is 10.6 Å². The van der Waals surface area contributed by atoms with E-state index in [1.165, 1.54) is 14.2 Å². The van der Waals surface area contributed by atoms with Crippen LogP contribution in [0.1, 0.15) is 11.5 Å². The molecule has 8 nitrogen and oxygen atoms in total. The van der Waals surface area contributed by atoms with E-state index in [4.69, 9.17) is 9.47 Å². The highest BCUT2D eigenvalue weighted by Gasteiger charge is 2.44. The van der Waals surface area contributed by atoms with Crippen LogP contribution in [-0.2, 0) is 23.9 Å². The quantitative estimate of drug-likeness (QED) is 0.329. The fourth-order valence-corrected chi connectivity index (χ4v) is 4.16. The molecule has 29 heavy (non-hydrogen) atoms. The molecule has 10 heteroatoms. The van der Waals surface area contributed by atoms with E-state index in [0.717, 1.165) is 16.2 Å². The van der Waals surface area contributed by atoms with Crippen LogP contribution in [-0.4, -0.2) is 50.9 Å². The van der Waals surface area contributed by atoms with Crippen LogP contribution in [0.4, 0.5) is 0 Å². The second-order valence-corrected chi connectivity index (χ2v) is 7.91. The van der Waals surface area contributed by atoms with Crippen molar-refractivity contribution in [3.8, 4) is 6.07 Å². The summed E-state index contributed by atoms with van der Waals surface area (Å²) >= 11 is 4.40. The normalized spacial score (nSPS) is 18.6. The van der Waals surface area contributed by atoms with Gasteiger partial charge in [0, 0.05) is 24.0 Å². The first kappa shape index (κ1) is 22.9. The zero-order chi connectivity index (χ0) is 21.4. The Labute approximate surface area is 181 Å². The lowest BCUT2D eigenvalue weighted by atomic mass is 9.78. The summed E-state index contributed by atoms with van der Waals surface area (Å²) in [6, 6.07) is 9.14. The Balaban J connectivity index is 2.37. The van der Waals surface area contributed by atoms with Crippen molar-refractivity contribution < 1.29 is 23.9 Å². The van der Waals surface area contributed by atoms with Crippen molar-refractivity contribution >= 4 is 45.5 Å². The molecule has 1 aromatic rings. The van der Waals surface area contributed by atoms with Crippen molar-refractivity contribution in [3.63, 3.8) is 0 Å². The van der Waals surface area contributed by atoms with Gasteiger partial charge in [-0.25, -0.2) is 0 Å². The molecular formula is C19H20BrN3O5S. The molecule has 2 rings (SSSR count). The molecule has 2 N–H and O–H groups in total. The Bertz CT molecular complexity index is 868. The highest BCUT2D eigenvalue weighted by atomic mass is 79.9. The number of esters is 1. The number of nitrogens with one attached hydrogen (secondary N) is 2. The summed E-state index contributed by atoms with van der Waals surface area (Å²) in [5, 5.41) is 15.3. The topological polar surface area (TPSA) is 118 Å². The van der Waals surface area contributed by atoms with E-state index in [-0.39, 0.29) is 22.3 Å². The zero-order valence-electron chi connectivity index (χ0n) is 15.9. The fourth-order valence-electron chi connectivity index (χ4n) is 2.86. The van der Waals surface area contributed by atoms with Crippen LogP contribution in [0.25, 0.3) is 0 Å². The van der Waals surface area contributed by atoms with Gasteiger partial charge in [0.15, 0.2) is 0 Å². The van der Waals surface area contributed by atoms with Crippen molar-refractivity contribution in [3.05, 3.63) is 44.9 Å². The molecule has 1 aromatic carbocycles. The first-order valence-corrected chi connectivity index (χ1v) is 10.4. The van der Waals surface area contributed by atoms with Gasteiger partial charge in [0.1, 0.15) is 5.92 Å². The van der Waals surface area contributed by atoms with Crippen LogP contribution in [0.2, 0.25) is 0 Å². The lowest BCUT2D eigenvalue weighted by molar-refractivity contribution is -0.150. The number of nitrogens with zero attached hydrogens (tertiary/aromatic N) is 1. The number of hydrogen-bond donors (Lipinski definition) is 2. The molecule has 154 valence electrons. The maximum Gasteiger partial charge on any atom is 0.319 e. The number of ether oxygens (including phenoxy) is 2. The van der Waals surface area contributed by atoms with E-state index < -0.39 is 23.7 Å². The summed E-state index contributed by atoms with van der Waals surface area (Å²) < 4.78 is 10.4. The predicted octanol–water partition coefficient (Wildman–Crippen LogP) is 1.68. The molecule has 1 heterocycles. The zero-order valence-corrected chi connectivity index (χ0v) is 18.3. The maximum absolute atomic E-state index is 12.7. The number of carbonyl (C=O) groups is 3. The van der Waals surface area contributed by atoms with Crippen LogP contribution in [0.15, 0.2) is 39.3 Å². The predicted molar refractivity (Wildman–Crippen MR) is 111 cm³/mol. The minimum Gasteiger partial charge on any atom is -0.468 e. The minimum absolute atomic E-state index is 0.00139. The Morgan fingerprint density at radius 1 is 1.38 bits per heavy atom. The molecule has 0 spiro atoms. The van der Waals surface area contributed by atoms with Crippen LogP contribution >= 0.6 is 27.7 Å². The third-order valence-corrected chi connectivity index (χ3v) is 5.68. The van der Waals surface area contributed by atoms with Crippen molar-refractivity contribution in [1.29, 1.82) is 5.26 Å². The lowest BCUT2D eigenvalue weighted by Crippen LogP contribution is -2.44. The molecule has 0 fully saturated rings. The molecule has 0 radical (unpaired) electrons. The van der Waals surface area contributed by atoms with E-state index in [1.54, 1.807) is 24.3 Å². The molecule has 0 saturated heterocycles. The first-order valence-electron chi connectivity index (χ1n) is 8.59. The number of nitriles is 1. The van der Waals surface area contributed by atoms with Gasteiger partial charge in [0.05, 0.1) is 36.1 Å². The van der Waals surface area contributed by atoms with Crippen LogP contribution in [0.5, 0.6) is 0 Å². The van der Waals surface area contributed by atoms with E-state index in [9.17, 15) is 19.6 Å². The van der Waals surface area contributed by atoms with Gasteiger partial charge in [-0.2, -0.15) is 5.26 Å². The van der Waals surface area contributed by atoms with Crippen LogP contribution in [0.3, 0.4) is 0 Å². The summed E-state index contributed by atoms with van der Waals surface area (Å²) in [4.78, 5) is 37.0. The molecular weight excluding hydrogens is 462 g/mol. The number of hydrogen-bond acceptors (Lipinski definition) is 7. The molecule has 0 aromatic heterocycles. The Morgan fingerprint density at radius 2 is 2.14 bits per heavy atom. The van der Waals surface area contributed by atoms with Gasteiger partial charge in [-0.15, -0.1) is 0 Å². The number of rotatable bonds is 8. The summed E-state index contributed by atoms with van der Waals surface area (Å²) in [6.45, 7) is 0.739. The summed E-state index contributed by atoms with van der Waals surface area (Å²) in [6.07, 6.45) is 0. The summed E-state index contributed by atoms with van der Waals surface area (Å²) in [5.74, 6) is -3.61. The number of carbonyl (C=O) groups excluding carboxylic acids is 3. The van der Waals surface area contributed by atoms with E-state index in [0.29, 0.717) is 18.7 Å². The molecule has 0 bridgehead atoms. The number of halogens is 1. The molecule has 2 amide bonds. The van der Waals surface area contributed by atoms with Gasteiger partial charge < -0.3 is 20.1 Å². The Hall–Kier alpha value is -2.35. The molecule has 2 atom stereocenters. The lowest BCUT2D eigenvalue weighted by Gasteiger charge is -2.31. The summed E-state index contributed by atoms with van der Waals surface area (Å²) in [7, 11) is 2.72. The third kappa shape index (κ3) is 5.82. The molecule has 0 saturated carbocycles. The van der Waals surface area contributed by atoms with Crippen molar-refractivity contribution in [2.45, 2.75) is 5.92 Å². The number of allylic oxidation sites excluding steroid dienone is 1. The van der Waals surface area contributed by atoms with Crippen LogP contribution in [0, 0.1) is 17.2 Å². The number of methoxy groups -OCH3 is 2. The van der Waals surface area contributed by atoms with Crippen LogP contribution < -0.4 is 10.6 Å². The maximum atomic E-state index is 12.7. The fraction of sp³-hybridized carbons (Fsp3) is 0.368. The second kappa shape index (κ2) is 11.0. The van der Waals surface area contributed by atoms with E-state index >= 15 is 0 Å².